The highest BCUT2D eigenvalue weighted by atomic mass is 32.2. The van der Waals surface area contributed by atoms with Gasteiger partial charge in [0, 0.05) is 37.3 Å². The molecule has 2 aromatic heterocycles. The lowest BCUT2D eigenvalue weighted by Crippen LogP contribution is -2.37. The second-order valence-corrected chi connectivity index (χ2v) is 7.34. The van der Waals surface area contributed by atoms with Crippen molar-refractivity contribution in [3.05, 3.63) is 41.9 Å². The van der Waals surface area contributed by atoms with Crippen LogP contribution in [0.25, 0.3) is 0 Å². The van der Waals surface area contributed by atoms with Crippen LogP contribution in [-0.4, -0.2) is 47.6 Å². The normalized spacial score (nSPS) is 10.2. The monoisotopic (exact) mass is 397 g/mol. The number of nitrogens with one attached hydrogen (secondary N) is 3. The third-order valence-electron chi connectivity index (χ3n) is 3.35. The summed E-state index contributed by atoms with van der Waals surface area (Å²) in [5, 5.41) is 9.94. The minimum absolute atomic E-state index is 0.724. The van der Waals surface area contributed by atoms with Crippen LogP contribution in [0.1, 0.15) is 23.6 Å². The highest BCUT2D eigenvalue weighted by Crippen LogP contribution is 2.14. The Hall–Kier alpha value is -1.51. The van der Waals surface area contributed by atoms with Gasteiger partial charge in [-0.3, -0.25) is 0 Å². The SMILES string of the molecule is CNC.Cc1ccc(CSCCNC(=S)NCCCn2cncc2C)o1. The molecule has 0 fully saturated rings. The summed E-state index contributed by atoms with van der Waals surface area (Å²) in [6, 6.07) is 4.03. The van der Waals surface area contributed by atoms with Crippen LogP contribution in [0.5, 0.6) is 0 Å². The number of hydrogen-bond acceptors (Lipinski definition) is 5. The van der Waals surface area contributed by atoms with E-state index in [1.807, 2.05) is 57.4 Å². The molecule has 3 N–H and O–H groups in total. The quantitative estimate of drug-likeness (QED) is 0.444. The van der Waals surface area contributed by atoms with Gasteiger partial charge in [-0.05, 0) is 58.7 Å². The van der Waals surface area contributed by atoms with E-state index >= 15 is 0 Å². The van der Waals surface area contributed by atoms with Gasteiger partial charge in [-0.25, -0.2) is 4.98 Å². The molecule has 2 heterocycles. The lowest BCUT2D eigenvalue weighted by molar-refractivity contribution is 0.501. The molecule has 0 aliphatic carbocycles. The zero-order valence-electron chi connectivity index (χ0n) is 16.2. The summed E-state index contributed by atoms with van der Waals surface area (Å²) in [5.74, 6) is 3.90. The summed E-state index contributed by atoms with van der Waals surface area (Å²) < 4.78 is 7.67. The number of imidazole rings is 1. The zero-order chi connectivity index (χ0) is 19.2. The van der Waals surface area contributed by atoms with Crippen molar-refractivity contribution in [3.63, 3.8) is 0 Å². The zero-order valence-corrected chi connectivity index (χ0v) is 17.8. The Morgan fingerprint density at radius 1 is 1.23 bits per heavy atom. The summed E-state index contributed by atoms with van der Waals surface area (Å²) in [7, 11) is 3.75. The van der Waals surface area contributed by atoms with Crippen LogP contribution in [0, 0.1) is 13.8 Å². The molecule has 0 spiro atoms. The van der Waals surface area contributed by atoms with Crippen LogP contribution in [0.2, 0.25) is 0 Å². The molecule has 0 aliphatic rings. The van der Waals surface area contributed by atoms with Crippen molar-refractivity contribution >= 4 is 29.1 Å². The summed E-state index contributed by atoms with van der Waals surface area (Å²) in [6.45, 7) is 6.71. The van der Waals surface area contributed by atoms with Gasteiger partial charge in [0.05, 0.1) is 12.1 Å². The van der Waals surface area contributed by atoms with E-state index in [1.54, 1.807) is 0 Å². The van der Waals surface area contributed by atoms with E-state index in [9.17, 15) is 0 Å². The molecule has 146 valence electrons. The maximum absolute atomic E-state index is 5.53. The van der Waals surface area contributed by atoms with Gasteiger partial charge in [-0.1, -0.05) is 0 Å². The second kappa shape index (κ2) is 13.7. The van der Waals surface area contributed by atoms with Crippen LogP contribution in [-0.2, 0) is 12.3 Å². The molecule has 8 heteroatoms. The van der Waals surface area contributed by atoms with Crippen molar-refractivity contribution in [3.8, 4) is 0 Å². The molecular formula is C18H31N5OS2. The highest BCUT2D eigenvalue weighted by Gasteiger charge is 2.00. The fourth-order valence-electron chi connectivity index (χ4n) is 2.11. The molecule has 6 nitrogen and oxygen atoms in total. The number of furan rings is 1. The van der Waals surface area contributed by atoms with Crippen molar-refractivity contribution in [2.75, 3.05) is 32.9 Å². The van der Waals surface area contributed by atoms with Crippen LogP contribution in [0.3, 0.4) is 0 Å². The van der Waals surface area contributed by atoms with Crippen LogP contribution >= 0.6 is 24.0 Å². The summed E-state index contributed by atoms with van der Waals surface area (Å²) in [5.41, 5.74) is 1.19. The van der Waals surface area contributed by atoms with Gasteiger partial charge in [0.2, 0.25) is 0 Å². The molecular weight excluding hydrogens is 366 g/mol. The Kier molecular flexibility index (Phi) is 11.8. The van der Waals surface area contributed by atoms with Crippen molar-refractivity contribution in [2.45, 2.75) is 32.6 Å². The first kappa shape index (κ1) is 22.5. The number of thioether (sulfide) groups is 1. The third-order valence-corrected chi connectivity index (χ3v) is 4.62. The van der Waals surface area contributed by atoms with E-state index in [0.717, 1.165) is 54.2 Å². The van der Waals surface area contributed by atoms with E-state index in [2.05, 4.69) is 32.4 Å². The molecule has 0 aromatic carbocycles. The van der Waals surface area contributed by atoms with Crippen molar-refractivity contribution in [1.82, 2.24) is 25.5 Å². The van der Waals surface area contributed by atoms with Gasteiger partial charge >= 0.3 is 0 Å². The van der Waals surface area contributed by atoms with Crippen molar-refractivity contribution in [2.24, 2.45) is 0 Å². The Bertz CT molecular complexity index is 627. The van der Waals surface area contributed by atoms with E-state index < -0.39 is 0 Å². The van der Waals surface area contributed by atoms with Gasteiger partial charge in [0.25, 0.3) is 0 Å². The van der Waals surface area contributed by atoms with Gasteiger partial charge in [-0.15, -0.1) is 0 Å². The lowest BCUT2D eigenvalue weighted by atomic mass is 10.4. The first-order valence-electron chi connectivity index (χ1n) is 8.76. The minimum atomic E-state index is 0.724. The van der Waals surface area contributed by atoms with E-state index in [0.29, 0.717) is 0 Å². The highest BCUT2D eigenvalue weighted by molar-refractivity contribution is 7.98. The molecule has 0 bridgehead atoms. The van der Waals surface area contributed by atoms with Gasteiger partial charge in [0.1, 0.15) is 11.5 Å². The maximum atomic E-state index is 5.53. The van der Waals surface area contributed by atoms with Crippen LogP contribution in [0.4, 0.5) is 0 Å². The molecule has 0 saturated heterocycles. The number of nitrogens with zero attached hydrogens (tertiary/aromatic N) is 2. The smallest absolute Gasteiger partial charge is 0.166 e. The first-order valence-corrected chi connectivity index (χ1v) is 10.3. The predicted octanol–water partition coefficient (Wildman–Crippen LogP) is 2.72. The number of thiocarbonyl (C=S) groups is 1. The summed E-state index contributed by atoms with van der Waals surface area (Å²) >= 11 is 7.11. The number of aryl methyl sites for hydroxylation is 3. The van der Waals surface area contributed by atoms with Crippen LogP contribution in [0.15, 0.2) is 29.1 Å². The standard InChI is InChI=1S/C16H24N4OS2.C2H7N/c1-13-10-17-12-20(13)8-3-6-18-16(22)19-7-9-23-11-15-5-4-14(2)21-15;1-3-2/h4-5,10,12H,3,6-9,11H2,1-2H3,(H2,18,19,22);3H,1-2H3. The molecule has 0 atom stereocenters. The Morgan fingerprint density at radius 2 is 1.96 bits per heavy atom. The summed E-state index contributed by atoms with van der Waals surface area (Å²) in [6.07, 6.45) is 4.76. The first-order chi connectivity index (χ1) is 12.6. The Morgan fingerprint density at radius 3 is 2.58 bits per heavy atom. The van der Waals surface area contributed by atoms with Gasteiger partial charge in [0.15, 0.2) is 5.11 Å². The molecule has 0 radical (unpaired) electrons. The molecule has 26 heavy (non-hydrogen) atoms. The largest absolute Gasteiger partial charge is 0.466 e. The Labute approximate surface area is 166 Å². The van der Waals surface area contributed by atoms with Crippen molar-refractivity contribution < 1.29 is 4.42 Å². The third kappa shape index (κ3) is 9.84. The van der Waals surface area contributed by atoms with Crippen LogP contribution < -0.4 is 16.0 Å². The van der Waals surface area contributed by atoms with Crippen molar-refractivity contribution in [1.29, 1.82) is 0 Å². The van der Waals surface area contributed by atoms with E-state index in [-0.39, 0.29) is 0 Å². The molecule has 0 amide bonds. The molecule has 0 unspecified atom stereocenters. The number of hydrogen-bond donors (Lipinski definition) is 3. The number of rotatable bonds is 9. The molecule has 0 saturated carbocycles. The molecule has 2 rings (SSSR count). The fourth-order valence-corrected chi connectivity index (χ4v) is 3.06. The Balaban J connectivity index is 0.00000105. The second-order valence-electron chi connectivity index (χ2n) is 5.83. The minimum Gasteiger partial charge on any atom is -0.466 e. The molecule has 0 aliphatic heterocycles. The van der Waals surface area contributed by atoms with E-state index in [1.165, 1.54) is 5.69 Å². The topological polar surface area (TPSA) is 67.0 Å². The fraction of sp³-hybridized carbons (Fsp3) is 0.556. The average molecular weight is 398 g/mol. The number of aromatic nitrogens is 2. The van der Waals surface area contributed by atoms with Gasteiger partial charge in [-0.2, -0.15) is 11.8 Å². The lowest BCUT2D eigenvalue weighted by Gasteiger charge is -2.10. The maximum Gasteiger partial charge on any atom is 0.166 e. The summed E-state index contributed by atoms with van der Waals surface area (Å²) in [4.78, 5) is 4.11. The predicted molar refractivity (Wildman–Crippen MR) is 115 cm³/mol. The molecule has 2 aromatic rings. The van der Waals surface area contributed by atoms with Gasteiger partial charge < -0.3 is 24.9 Å². The van der Waals surface area contributed by atoms with E-state index in [4.69, 9.17) is 16.6 Å². The average Bonchev–Trinajstić information content (AvgIpc) is 3.20.